The predicted molar refractivity (Wildman–Crippen MR) is 126 cm³/mol. The van der Waals surface area contributed by atoms with Crippen LogP contribution in [0.3, 0.4) is 0 Å². The molecule has 0 unspecified atom stereocenters. The van der Waals surface area contributed by atoms with Crippen LogP contribution < -0.4 is 4.72 Å². The zero-order chi connectivity index (χ0) is 22.8. The number of rotatable bonds is 11. The molecule has 0 radical (unpaired) electrons. The fourth-order valence-corrected chi connectivity index (χ4v) is 3.12. The molecule has 1 aromatic carbocycles. The number of halogens is 1. The van der Waals surface area contributed by atoms with E-state index in [0.29, 0.717) is 30.2 Å². The molecule has 0 aliphatic carbocycles. The number of carbonyl (C=O) groups is 1. The Labute approximate surface area is 185 Å². The maximum atomic E-state index is 11.8. The van der Waals surface area contributed by atoms with Crippen molar-refractivity contribution in [2.24, 2.45) is 4.99 Å². The normalized spacial score (nSPS) is 11.8. The van der Waals surface area contributed by atoms with Crippen LogP contribution in [-0.4, -0.2) is 39.1 Å². The van der Waals surface area contributed by atoms with Crippen LogP contribution in [0.15, 0.2) is 60.1 Å². The molecule has 1 aromatic rings. The lowest BCUT2D eigenvalue weighted by molar-refractivity contribution is -0.137. The van der Waals surface area contributed by atoms with E-state index in [4.69, 9.17) is 16.3 Å². The third kappa shape index (κ3) is 13.7. The summed E-state index contributed by atoms with van der Waals surface area (Å²) in [6.07, 6.45) is 8.72. The lowest BCUT2D eigenvalue weighted by Crippen LogP contribution is -2.32. The van der Waals surface area contributed by atoms with Gasteiger partial charge in [0.05, 0.1) is 12.4 Å². The molecule has 0 aliphatic rings. The lowest BCUT2D eigenvalue weighted by Gasteiger charge is -2.08. The van der Waals surface area contributed by atoms with E-state index in [0.717, 1.165) is 5.56 Å². The quantitative estimate of drug-likeness (QED) is 0.130. The highest BCUT2D eigenvalue weighted by atomic mass is 35.5. The second-order valence-electron chi connectivity index (χ2n) is 5.68. The summed E-state index contributed by atoms with van der Waals surface area (Å²) in [5.74, 6) is -0.310. The van der Waals surface area contributed by atoms with Gasteiger partial charge in [-0.15, -0.1) is 6.58 Å². The Kier molecular flexibility index (Phi) is 15.1. The molecule has 0 amide bonds. The van der Waals surface area contributed by atoms with Crippen LogP contribution in [0.1, 0.15) is 39.2 Å². The standard InChI is InChI=1S/C20H25ClN2O4S.C2H6/c1-3-5-10-19(23-28(25,26)15-4-2)22-13-7-14-27-20(24)12-11-17-8-6-9-18(21)16-17;1-2/h3-6,8-9,11-12,16H,2,7,10,13-15H2,1H3,(H,22,23);1-2H3/b5-3-,12-11+;. The average Bonchev–Trinajstić information content (AvgIpc) is 2.71. The second kappa shape index (κ2) is 16.4. The number of nitrogens with zero attached hydrogens (tertiary/aromatic N) is 1. The molecular weight excluding hydrogens is 424 g/mol. The summed E-state index contributed by atoms with van der Waals surface area (Å²) >= 11 is 5.88. The summed E-state index contributed by atoms with van der Waals surface area (Å²) in [6.45, 7) is 9.77. The van der Waals surface area contributed by atoms with Crippen LogP contribution in [-0.2, 0) is 19.6 Å². The minimum absolute atomic E-state index is 0.179. The van der Waals surface area contributed by atoms with Gasteiger partial charge in [-0.25, -0.2) is 13.2 Å². The van der Waals surface area contributed by atoms with Gasteiger partial charge >= 0.3 is 5.97 Å². The first-order valence-corrected chi connectivity index (χ1v) is 11.8. The lowest BCUT2D eigenvalue weighted by atomic mass is 10.2. The Morgan fingerprint density at radius 3 is 2.70 bits per heavy atom. The smallest absolute Gasteiger partial charge is 0.330 e. The SMILES string of the molecule is C=CCS(=O)(=O)NC(C/C=C\C)=NCCCOC(=O)/C=C/c1cccc(Cl)c1.CC. The van der Waals surface area contributed by atoms with Crippen LogP contribution in [0.5, 0.6) is 0 Å². The monoisotopic (exact) mass is 454 g/mol. The van der Waals surface area contributed by atoms with Crippen LogP contribution in [0.2, 0.25) is 5.02 Å². The van der Waals surface area contributed by atoms with E-state index in [1.807, 2.05) is 32.9 Å². The number of esters is 1. The van der Waals surface area contributed by atoms with E-state index in [2.05, 4.69) is 16.3 Å². The molecule has 30 heavy (non-hydrogen) atoms. The minimum atomic E-state index is -3.49. The second-order valence-corrected chi connectivity index (χ2v) is 7.89. The molecule has 0 fully saturated rings. The largest absolute Gasteiger partial charge is 0.462 e. The fraction of sp³-hybridized carbons (Fsp3) is 0.364. The van der Waals surface area contributed by atoms with Gasteiger partial charge in [0.1, 0.15) is 5.84 Å². The first kappa shape index (κ1) is 27.6. The summed E-state index contributed by atoms with van der Waals surface area (Å²) < 4.78 is 31.2. The highest BCUT2D eigenvalue weighted by Gasteiger charge is 2.10. The summed E-state index contributed by atoms with van der Waals surface area (Å²) in [7, 11) is -3.49. The molecule has 166 valence electrons. The average molecular weight is 455 g/mol. The third-order valence-corrected chi connectivity index (χ3v) is 4.72. The van der Waals surface area contributed by atoms with Gasteiger partial charge in [0.2, 0.25) is 10.0 Å². The van der Waals surface area contributed by atoms with Gasteiger partial charge in [0.15, 0.2) is 0 Å². The number of hydrogen-bond acceptors (Lipinski definition) is 5. The van der Waals surface area contributed by atoms with Gasteiger partial charge in [-0.2, -0.15) is 0 Å². The van der Waals surface area contributed by atoms with Crippen molar-refractivity contribution in [2.45, 2.75) is 33.6 Å². The molecule has 1 rings (SSSR count). The first-order valence-electron chi connectivity index (χ1n) is 9.72. The van der Waals surface area contributed by atoms with E-state index in [9.17, 15) is 13.2 Å². The highest BCUT2D eigenvalue weighted by molar-refractivity contribution is 7.90. The van der Waals surface area contributed by atoms with Crippen LogP contribution >= 0.6 is 11.6 Å². The zero-order valence-electron chi connectivity index (χ0n) is 17.8. The number of carbonyl (C=O) groups excluding carboxylic acids is 1. The number of amidine groups is 1. The predicted octanol–water partition coefficient (Wildman–Crippen LogP) is 4.78. The fourth-order valence-electron chi connectivity index (χ4n) is 2.02. The van der Waals surface area contributed by atoms with Crippen LogP contribution in [0, 0.1) is 0 Å². The maximum Gasteiger partial charge on any atom is 0.330 e. The maximum absolute atomic E-state index is 11.8. The summed E-state index contributed by atoms with van der Waals surface area (Å²) in [6, 6.07) is 7.10. The Balaban J connectivity index is 0.00000407. The van der Waals surface area contributed by atoms with Crippen molar-refractivity contribution >= 4 is 39.5 Å². The van der Waals surface area contributed by atoms with Gasteiger partial charge in [0.25, 0.3) is 0 Å². The first-order chi connectivity index (χ1) is 14.4. The summed E-state index contributed by atoms with van der Waals surface area (Å²) in [5, 5.41) is 0.589. The van der Waals surface area contributed by atoms with Gasteiger partial charge in [0, 0.05) is 30.5 Å². The van der Waals surface area contributed by atoms with Gasteiger partial charge < -0.3 is 4.74 Å². The highest BCUT2D eigenvalue weighted by Crippen LogP contribution is 2.11. The molecule has 0 saturated carbocycles. The van der Waals surface area contributed by atoms with Crippen molar-refractivity contribution in [3.63, 3.8) is 0 Å². The van der Waals surface area contributed by atoms with Crippen molar-refractivity contribution in [2.75, 3.05) is 18.9 Å². The van der Waals surface area contributed by atoms with Crippen LogP contribution in [0.25, 0.3) is 6.08 Å². The molecule has 0 atom stereocenters. The Morgan fingerprint density at radius 2 is 2.07 bits per heavy atom. The number of nitrogens with one attached hydrogen (secondary N) is 1. The van der Waals surface area contributed by atoms with Crippen molar-refractivity contribution in [3.05, 3.63) is 65.7 Å². The summed E-state index contributed by atoms with van der Waals surface area (Å²) in [4.78, 5) is 16.0. The number of benzene rings is 1. The third-order valence-electron chi connectivity index (χ3n) is 3.27. The van der Waals surface area contributed by atoms with Gasteiger partial charge in [-0.1, -0.05) is 55.8 Å². The van der Waals surface area contributed by atoms with Crippen molar-refractivity contribution in [1.82, 2.24) is 4.72 Å². The number of sulfonamides is 1. The Hall–Kier alpha value is -2.38. The molecule has 0 spiro atoms. The van der Waals surface area contributed by atoms with Crippen molar-refractivity contribution < 1.29 is 17.9 Å². The number of ether oxygens (including phenoxy) is 1. The number of allylic oxidation sites excluding steroid dienone is 1. The molecule has 8 heteroatoms. The molecule has 6 nitrogen and oxygen atoms in total. The molecule has 0 bridgehead atoms. The molecule has 0 aliphatic heterocycles. The van der Waals surface area contributed by atoms with E-state index >= 15 is 0 Å². The topological polar surface area (TPSA) is 84.8 Å². The minimum Gasteiger partial charge on any atom is -0.462 e. The molecule has 1 N–H and O–H groups in total. The number of aliphatic imine (C=N–C) groups is 1. The van der Waals surface area contributed by atoms with Gasteiger partial charge in [-0.05, 0) is 30.7 Å². The van der Waals surface area contributed by atoms with Crippen molar-refractivity contribution in [3.8, 4) is 0 Å². The summed E-state index contributed by atoms with van der Waals surface area (Å²) in [5.41, 5.74) is 0.800. The zero-order valence-corrected chi connectivity index (χ0v) is 19.4. The Bertz CT molecular complexity index is 846. The Morgan fingerprint density at radius 1 is 1.33 bits per heavy atom. The van der Waals surface area contributed by atoms with Gasteiger partial charge in [-0.3, -0.25) is 9.71 Å². The number of hydrogen-bond donors (Lipinski definition) is 1. The van der Waals surface area contributed by atoms with Crippen molar-refractivity contribution in [1.29, 1.82) is 0 Å². The van der Waals surface area contributed by atoms with E-state index < -0.39 is 16.0 Å². The van der Waals surface area contributed by atoms with E-state index in [1.54, 1.807) is 30.4 Å². The molecule has 0 saturated heterocycles. The molecule has 0 aromatic heterocycles. The molecule has 0 heterocycles. The van der Waals surface area contributed by atoms with E-state index in [-0.39, 0.29) is 12.4 Å². The van der Waals surface area contributed by atoms with E-state index in [1.165, 1.54) is 12.2 Å². The van der Waals surface area contributed by atoms with Crippen LogP contribution in [0.4, 0.5) is 0 Å². The molecular formula is C22H31ClN2O4S.